The second kappa shape index (κ2) is 16.0. The highest BCUT2D eigenvalue weighted by atomic mass is 16.6. The van der Waals surface area contributed by atoms with Gasteiger partial charge in [-0.2, -0.15) is 4.91 Å². The van der Waals surface area contributed by atoms with E-state index >= 15 is 0 Å². The summed E-state index contributed by atoms with van der Waals surface area (Å²) in [5.74, 6) is -0.914. The number of amides is 3. The Hall–Kier alpha value is -4.31. The number of carbonyl (C=O) groups excluding carboxylic acids is 3. The summed E-state index contributed by atoms with van der Waals surface area (Å²) in [5.41, 5.74) is 7.65. The first-order chi connectivity index (χ1) is 20.9. The maximum Gasteiger partial charge on any atom is 0.407 e. The zero-order valence-electron chi connectivity index (χ0n) is 26.2. The van der Waals surface area contributed by atoms with E-state index in [2.05, 4.69) is 21.1 Å². The Morgan fingerprint density at radius 3 is 2.16 bits per heavy atom. The minimum absolute atomic E-state index is 0.0448. The summed E-state index contributed by atoms with van der Waals surface area (Å²) in [6, 6.07) is 20.3. The molecule has 10 nitrogen and oxygen atoms in total. The van der Waals surface area contributed by atoms with Crippen LogP contribution in [0.15, 0.2) is 78.0 Å². The van der Waals surface area contributed by atoms with E-state index < -0.39 is 47.7 Å². The average molecular weight is 604 g/mol. The third-order valence-corrected chi connectivity index (χ3v) is 7.30. The fraction of sp³-hybridized carbons (Fsp3) is 0.441. The second-order valence-electron chi connectivity index (χ2n) is 12.4. The molecule has 0 saturated carbocycles. The smallest absolute Gasteiger partial charge is 0.407 e. The summed E-state index contributed by atoms with van der Waals surface area (Å²) in [5, 5.41) is 13.6. The number of ether oxygens (including phenoxy) is 1. The Morgan fingerprint density at radius 1 is 0.841 bits per heavy atom. The minimum Gasteiger partial charge on any atom is -0.444 e. The molecule has 3 aromatic carbocycles. The molecule has 3 aromatic rings. The van der Waals surface area contributed by atoms with Gasteiger partial charge in [0.15, 0.2) is 0 Å². The second-order valence-corrected chi connectivity index (χ2v) is 12.4. The predicted molar refractivity (Wildman–Crippen MR) is 173 cm³/mol. The van der Waals surface area contributed by atoms with E-state index in [0.717, 1.165) is 21.9 Å². The number of benzene rings is 3. The molecule has 0 bridgehead atoms. The van der Waals surface area contributed by atoms with Crippen LogP contribution in [0.2, 0.25) is 0 Å². The number of alkyl carbamates (subject to hydrolysis) is 1. The van der Waals surface area contributed by atoms with E-state index in [0.29, 0.717) is 6.42 Å². The molecular formula is C34H45N5O5. The molecule has 0 aliphatic rings. The van der Waals surface area contributed by atoms with Gasteiger partial charge < -0.3 is 26.4 Å². The molecule has 0 fully saturated rings. The zero-order chi connectivity index (χ0) is 32.3. The number of nitrogens with one attached hydrogen (secondary N) is 3. The van der Waals surface area contributed by atoms with Crippen LogP contribution in [-0.4, -0.2) is 54.2 Å². The number of carbonyl (C=O) groups is 3. The molecule has 0 saturated heterocycles. The number of nitrogens with two attached hydrogens (primary N) is 1. The van der Waals surface area contributed by atoms with Crippen LogP contribution >= 0.6 is 0 Å². The Bertz CT molecular complexity index is 1400. The Morgan fingerprint density at radius 2 is 1.50 bits per heavy atom. The standard InChI is InChI=1S/C34H45N5O5/c1-22(2)30(21-36-43)38-32(41)29(19-25-16-11-15-24-14-9-10-17-26(24)25)37-31(40)20-27(35)28(18-23-12-7-6-8-13-23)39-33(42)44-34(3,4)5/h6-17,22,27-30H,18-21,35H2,1-5H3,(H,37,40)(H,38,41)(H,39,42). The van der Waals surface area contributed by atoms with Gasteiger partial charge in [-0.05, 0) is 55.0 Å². The van der Waals surface area contributed by atoms with Gasteiger partial charge in [0.25, 0.3) is 0 Å². The molecule has 0 aliphatic heterocycles. The average Bonchev–Trinajstić information content (AvgIpc) is 2.95. The first-order valence-corrected chi connectivity index (χ1v) is 15.0. The summed E-state index contributed by atoms with van der Waals surface area (Å²) in [6.07, 6.45) is -0.192. The molecule has 3 amide bonds. The zero-order valence-corrected chi connectivity index (χ0v) is 26.2. The molecular weight excluding hydrogens is 558 g/mol. The molecule has 3 rings (SSSR count). The normalized spacial score (nSPS) is 14.2. The molecule has 0 spiro atoms. The monoisotopic (exact) mass is 603 g/mol. The molecule has 0 aromatic heterocycles. The van der Waals surface area contributed by atoms with Gasteiger partial charge in [-0.15, -0.1) is 0 Å². The summed E-state index contributed by atoms with van der Waals surface area (Å²) >= 11 is 0. The van der Waals surface area contributed by atoms with E-state index in [1.54, 1.807) is 20.8 Å². The summed E-state index contributed by atoms with van der Waals surface area (Å²) in [4.78, 5) is 50.7. The Kier molecular flexibility index (Phi) is 12.4. The third kappa shape index (κ3) is 10.8. The fourth-order valence-electron chi connectivity index (χ4n) is 4.93. The largest absolute Gasteiger partial charge is 0.444 e. The quantitative estimate of drug-likeness (QED) is 0.197. The Labute approximate surface area is 259 Å². The summed E-state index contributed by atoms with van der Waals surface area (Å²) in [6.45, 7) is 8.99. The van der Waals surface area contributed by atoms with Crippen molar-refractivity contribution in [1.82, 2.24) is 16.0 Å². The van der Waals surface area contributed by atoms with Gasteiger partial charge in [0.05, 0.1) is 12.1 Å². The predicted octanol–water partition coefficient (Wildman–Crippen LogP) is 4.63. The topological polar surface area (TPSA) is 152 Å². The van der Waals surface area contributed by atoms with Gasteiger partial charge in [-0.25, -0.2) is 4.79 Å². The molecule has 4 unspecified atom stereocenters. The van der Waals surface area contributed by atoms with Crippen LogP contribution in [0.3, 0.4) is 0 Å². The first-order valence-electron chi connectivity index (χ1n) is 15.0. The lowest BCUT2D eigenvalue weighted by Crippen LogP contribution is -2.55. The SMILES string of the molecule is CC(C)C(CN=O)NC(=O)C(Cc1cccc2ccccc12)NC(=O)CC(N)C(Cc1ccccc1)NC(=O)OC(C)(C)C. The maximum atomic E-state index is 13.6. The van der Waals surface area contributed by atoms with Crippen LogP contribution in [0, 0.1) is 10.8 Å². The van der Waals surface area contributed by atoms with Crippen molar-refractivity contribution in [2.75, 3.05) is 6.54 Å². The van der Waals surface area contributed by atoms with Crippen LogP contribution in [0.1, 0.15) is 52.2 Å². The summed E-state index contributed by atoms with van der Waals surface area (Å²) < 4.78 is 5.45. The lowest BCUT2D eigenvalue weighted by Gasteiger charge is -2.28. The van der Waals surface area contributed by atoms with Crippen LogP contribution in [0.25, 0.3) is 10.8 Å². The molecule has 10 heteroatoms. The summed E-state index contributed by atoms with van der Waals surface area (Å²) in [7, 11) is 0. The highest BCUT2D eigenvalue weighted by Crippen LogP contribution is 2.20. The van der Waals surface area contributed by atoms with Crippen LogP contribution < -0.4 is 21.7 Å². The van der Waals surface area contributed by atoms with Gasteiger partial charge in [0.1, 0.15) is 18.2 Å². The van der Waals surface area contributed by atoms with Crippen molar-refractivity contribution in [1.29, 1.82) is 0 Å². The number of hydrogen-bond donors (Lipinski definition) is 4. The fourth-order valence-corrected chi connectivity index (χ4v) is 4.93. The van der Waals surface area contributed by atoms with Crippen molar-refractivity contribution in [2.45, 2.75) is 83.6 Å². The molecule has 0 aliphatic carbocycles. The highest BCUT2D eigenvalue weighted by molar-refractivity contribution is 5.90. The third-order valence-electron chi connectivity index (χ3n) is 7.30. The van der Waals surface area contributed by atoms with Gasteiger partial charge in [-0.1, -0.05) is 91.8 Å². The van der Waals surface area contributed by atoms with Crippen molar-refractivity contribution < 1.29 is 19.1 Å². The molecule has 0 radical (unpaired) electrons. The van der Waals surface area contributed by atoms with Crippen molar-refractivity contribution in [2.24, 2.45) is 16.8 Å². The van der Waals surface area contributed by atoms with E-state index in [1.165, 1.54) is 0 Å². The van der Waals surface area contributed by atoms with Crippen molar-refractivity contribution in [3.63, 3.8) is 0 Å². The highest BCUT2D eigenvalue weighted by Gasteiger charge is 2.29. The van der Waals surface area contributed by atoms with Gasteiger partial charge in [-0.3, -0.25) is 9.59 Å². The van der Waals surface area contributed by atoms with Gasteiger partial charge >= 0.3 is 6.09 Å². The van der Waals surface area contributed by atoms with E-state index in [4.69, 9.17) is 10.5 Å². The molecule has 44 heavy (non-hydrogen) atoms. The van der Waals surface area contributed by atoms with Crippen LogP contribution in [0.4, 0.5) is 4.79 Å². The molecule has 5 N–H and O–H groups in total. The van der Waals surface area contributed by atoms with E-state index in [-0.39, 0.29) is 25.3 Å². The van der Waals surface area contributed by atoms with Crippen molar-refractivity contribution in [3.05, 3.63) is 88.8 Å². The molecule has 4 atom stereocenters. The van der Waals surface area contributed by atoms with Gasteiger partial charge in [0, 0.05) is 18.9 Å². The van der Waals surface area contributed by atoms with Crippen LogP contribution in [-0.2, 0) is 27.2 Å². The lowest BCUT2D eigenvalue weighted by molar-refractivity contribution is -0.129. The van der Waals surface area contributed by atoms with Gasteiger partial charge in [0.2, 0.25) is 11.8 Å². The number of nitroso groups, excluding NO2 is 1. The van der Waals surface area contributed by atoms with E-state index in [1.807, 2.05) is 86.6 Å². The maximum absolute atomic E-state index is 13.6. The van der Waals surface area contributed by atoms with Crippen molar-refractivity contribution in [3.8, 4) is 0 Å². The molecule has 236 valence electrons. The Balaban J connectivity index is 1.81. The number of nitrogens with zero attached hydrogens (tertiary/aromatic N) is 1. The van der Waals surface area contributed by atoms with Crippen molar-refractivity contribution >= 4 is 28.7 Å². The van der Waals surface area contributed by atoms with Crippen LogP contribution in [0.5, 0.6) is 0 Å². The number of hydrogen-bond acceptors (Lipinski definition) is 7. The first kappa shape index (κ1) is 34.2. The number of rotatable bonds is 14. The van der Waals surface area contributed by atoms with E-state index in [9.17, 15) is 19.3 Å². The minimum atomic E-state index is -0.945. The lowest BCUT2D eigenvalue weighted by atomic mass is 9.96. The number of fused-ring (bicyclic) bond motifs is 1. The molecule has 0 heterocycles.